The minimum Gasteiger partial charge on any atom is -0.487 e. The summed E-state index contributed by atoms with van der Waals surface area (Å²) in [5.74, 6) is 2.19. The smallest absolute Gasteiger partial charge is 0.239 e. The molecule has 3 aromatic rings. The second kappa shape index (κ2) is 11.4. The maximum atomic E-state index is 9.69. The van der Waals surface area contributed by atoms with Crippen LogP contribution in [0.25, 0.3) is 11.4 Å². The molecule has 0 bridgehead atoms. The fraction of sp³-hybridized carbons (Fsp3) is 0.423. The summed E-state index contributed by atoms with van der Waals surface area (Å²) in [7, 11) is 3.75. The van der Waals surface area contributed by atoms with Crippen molar-refractivity contribution in [3.8, 4) is 29.1 Å². The number of hydrogen-bond donors (Lipinski definition) is 1. The molecule has 5 rings (SSSR count). The van der Waals surface area contributed by atoms with E-state index < -0.39 is 0 Å². The molecule has 0 aromatic carbocycles. The fourth-order valence-corrected chi connectivity index (χ4v) is 4.38. The van der Waals surface area contributed by atoms with Crippen LogP contribution >= 0.6 is 0 Å². The van der Waals surface area contributed by atoms with Gasteiger partial charge in [-0.2, -0.15) is 10.2 Å². The Bertz CT molecular complexity index is 1270. The van der Waals surface area contributed by atoms with Crippen molar-refractivity contribution in [2.75, 3.05) is 63.8 Å². The van der Waals surface area contributed by atoms with Gasteiger partial charge in [-0.3, -0.25) is 4.98 Å². The van der Waals surface area contributed by atoms with Crippen molar-refractivity contribution < 1.29 is 14.2 Å². The molecule has 0 radical (unpaired) electrons. The Hall–Kier alpha value is -4.01. The van der Waals surface area contributed by atoms with E-state index in [9.17, 15) is 5.26 Å². The van der Waals surface area contributed by atoms with Gasteiger partial charge in [0.15, 0.2) is 5.75 Å². The number of pyridine rings is 2. The van der Waals surface area contributed by atoms with Gasteiger partial charge in [0.05, 0.1) is 43.5 Å². The van der Waals surface area contributed by atoms with E-state index in [0.29, 0.717) is 53.4 Å². The third kappa shape index (κ3) is 5.87. The van der Waals surface area contributed by atoms with Crippen LogP contribution in [0, 0.1) is 11.3 Å². The number of rotatable bonds is 7. The highest BCUT2D eigenvalue weighted by molar-refractivity contribution is 5.66. The third-order valence-corrected chi connectivity index (χ3v) is 6.51. The molecule has 0 spiro atoms. The van der Waals surface area contributed by atoms with Crippen LogP contribution < -0.4 is 19.7 Å². The normalized spacial score (nSPS) is 16.7. The Morgan fingerprint density at radius 2 is 1.81 bits per heavy atom. The average molecular weight is 503 g/mol. The molecule has 0 atom stereocenters. The van der Waals surface area contributed by atoms with Gasteiger partial charge < -0.3 is 29.3 Å². The molecule has 2 aliphatic rings. The van der Waals surface area contributed by atoms with Crippen LogP contribution in [0.15, 0.2) is 36.8 Å². The molecule has 0 aliphatic carbocycles. The minimum atomic E-state index is 0.0236. The van der Waals surface area contributed by atoms with Crippen molar-refractivity contribution in [2.45, 2.75) is 18.9 Å². The van der Waals surface area contributed by atoms with Crippen molar-refractivity contribution in [2.24, 2.45) is 0 Å². The summed E-state index contributed by atoms with van der Waals surface area (Å²) in [6, 6.07) is 9.59. The molecular formula is C26H30N8O3. The molecule has 37 heavy (non-hydrogen) atoms. The zero-order valence-electron chi connectivity index (χ0n) is 21.1. The summed E-state index contributed by atoms with van der Waals surface area (Å²) in [5, 5.41) is 12.9. The van der Waals surface area contributed by atoms with Gasteiger partial charge in [0, 0.05) is 45.1 Å². The van der Waals surface area contributed by atoms with Gasteiger partial charge in [-0.15, -0.1) is 0 Å². The standard InChI is InChI=1S/C26H30N8O3/c1-33-7-9-34(10-8-33)22-3-4-24(32-26(22)35-2)31-25-14-21(29-17-30-25)20-13-18(15-27)23(16-28-20)37-19-5-11-36-12-6-19/h3-4,13-14,16-17,19H,5-12H2,1-2H3,(H,29,30,31,32). The first-order valence-electron chi connectivity index (χ1n) is 12.4. The number of piperazine rings is 1. The van der Waals surface area contributed by atoms with Gasteiger partial charge in [-0.25, -0.2) is 9.97 Å². The first kappa shape index (κ1) is 24.7. The lowest BCUT2D eigenvalue weighted by Gasteiger charge is -2.34. The Labute approximate surface area is 216 Å². The largest absolute Gasteiger partial charge is 0.487 e. The van der Waals surface area contributed by atoms with E-state index in [2.05, 4.69) is 48.2 Å². The van der Waals surface area contributed by atoms with Crippen LogP contribution in [0.2, 0.25) is 0 Å². The van der Waals surface area contributed by atoms with Crippen LogP contribution in [0.4, 0.5) is 17.3 Å². The van der Waals surface area contributed by atoms with Crippen molar-refractivity contribution in [1.82, 2.24) is 24.8 Å². The zero-order valence-corrected chi connectivity index (χ0v) is 21.1. The number of hydrogen-bond acceptors (Lipinski definition) is 11. The molecule has 0 unspecified atom stereocenters. The Morgan fingerprint density at radius 1 is 1.03 bits per heavy atom. The minimum absolute atomic E-state index is 0.0236. The van der Waals surface area contributed by atoms with Crippen LogP contribution in [-0.2, 0) is 4.74 Å². The lowest BCUT2D eigenvalue weighted by atomic mass is 10.1. The van der Waals surface area contributed by atoms with E-state index in [1.54, 1.807) is 25.4 Å². The van der Waals surface area contributed by atoms with Crippen LogP contribution in [-0.4, -0.2) is 84.5 Å². The van der Waals surface area contributed by atoms with Crippen molar-refractivity contribution in [3.63, 3.8) is 0 Å². The molecule has 0 saturated carbocycles. The number of aromatic nitrogens is 4. The van der Waals surface area contributed by atoms with E-state index in [1.807, 2.05) is 12.1 Å². The number of nitrogens with one attached hydrogen (secondary N) is 1. The molecule has 0 amide bonds. The lowest BCUT2D eigenvalue weighted by molar-refractivity contribution is 0.0253. The summed E-state index contributed by atoms with van der Waals surface area (Å²) in [6.45, 7) is 5.16. The second-order valence-electron chi connectivity index (χ2n) is 9.04. The second-order valence-corrected chi connectivity index (χ2v) is 9.04. The first-order valence-corrected chi connectivity index (χ1v) is 12.4. The predicted molar refractivity (Wildman–Crippen MR) is 138 cm³/mol. The van der Waals surface area contributed by atoms with Crippen molar-refractivity contribution in [1.29, 1.82) is 5.26 Å². The van der Waals surface area contributed by atoms with Crippen molar-refractivity contribution in [3.05, 3.63) is 42.4 Å². The van der Waals surface area contributed by atoms with Gasteiger partial charge in [0.2, 0.25) is 5.88 Å². The quantitative estimate of drug-likeness (QED) is 0.513. The predicted octanol–water partition coefficient (Wildman–Crippen LogP) is 2.87. The molecule has 2 saturated heterocycles. The number of nitrogens with zero attached hydrogens (tertiary/aromatic N) is 7. The number of likely N-dealkylation sites (N-methyl/N-ethyl adjacent to an activating group) is 1. The lowest BCUT2D eigenvalue weighted by Crippen LogP contribution is -2.44. The monoisotopic (exact) mass is 502 g/mol. The van der Waals surface area contributed by atoms with Crippen LogP contribution in [0.1, 0.15) is 18.4 Å². The molecule has 2 aliphatic heterocycles. The van der Waals surface area contributed by atoms with Gasteiger partial charge in [-0.1, -0.05) is 0 Å². The molecule has 5 heterocycles. The van der Waals surface area contributed by atoms with E-state index in [-0.39, 0.29) is 6.10 Å². The first-order chi connectivity index (χ1) is 18.1. The van der Waals surface area contributed by atoms with Crippen molar-refractivity contribution >= 4 is 17.3 Å². The van der Waals surface area contributed by atoms with E-state index in [4.69, 9.17) is 14.2 Å². The Balaban J connectivity index is 1.32. The molecule has 192 valence electrons. The molecule has 2 fully saturated rings. The average Bonchev–Trinajstić information content (AvgIpc) is 2.94. The van der Waals surface area contributed by atoms with E-state index >= 15 is 0 Å². The summed E-state index contributed by atoms with van der Waals surface area (Å²) >= 11 is 0. The number of nitriles is 1. The maximum Gasteiger partial charge on any atom is 0.239 e. The van der Waals surface area contributed by atoms with Crippen LogP contribution in [0.5, 0.6) is 11.6 Å². The fourth-order valence-electron chi connectivity index (χ4n) is 4.38. The highest BCUT2D eigenvalue weighted by atomic mass is 16.5. The van der Waals surface area contributed by atoms with E-state index in [0.717, 1.165) is 44.7 Å². The summed E-state index contributed by atoms with van der Waals surface area (Å²) < 4.78 is 17.0. The van der Waals surface area contributed by atoms with Gasteiger partial charge in [0.25, 0.3) is 0 Å². The Morgan fingerprint density at radius 3 is 2.57 bits per heavy atom. The summed E-state index contributed by atoms with van der Waals surface area (Å²) in [5.41, 5.74) is 2.52. The summed E-state index contributed by atoms with van der Waals surface area (Å²) in [4.78, 5) is 22.4. The van der Waals surface area contributed by atoms with Gasteiger partial charge in [0.1, 0.15) is 35.8 Å². The molecule has 3 aromatic heterocycles. The Kier molecular flexibility index (Phi) is 7.58. The zero-order chi connectivity index (χ0) is 25.6. The molecule has 1 N–H and O–H groups in total. The summed E-state index contributed by atoms with van der Waals surface area (Å²) in [6.07, 6.45) is 4.65. The number of ether oxygens (including phenoxy) is 3. The number of anilines is 3. The van der Waals surface area contributed by atoms with Gasteiger partial charge >= 0.3 is 0 Å². The number of methoxy groups -OCH3 is 1. The van der Waals surface area contributed by atoms with Gasteiger partial charge in [-0.05, 0) is 25.2 Å². The topological polar surface area (TPSA) is 122 Å². The molecule has 11 heteroatoms. The SMILES string of the molecule is COc1nc(Nc2cc(-c3cc(C#N)c(OC4CCOCC4)cn3)ncn2)ccc1N1CCN(C)CC1. The maximum absolute atomic E-state index is 9.69. The highest BCUT2D eigenvalue weighted by Crippen LogP contribution is 2.30. The van der Waals surface area contributed by atoms with Crippen LogP contribution in [0.3, 0.4) is 0 Å². The highest BCUT2D eigenvalue weighted by Gasteiger charge is 2.20. The molecule has 11 nitrogen and oxygen atoms in total. The third-order valence-electron chi connectivity index (χ3n) is 6.51. The van der Waals surface area contributed by atoms with E-state index in [1.165, 1.54) is 6.33 Å². The molecular weight excluding hydrogens is 472 g/mol.